The molecular weight excluding hydrogens is 164 g/mol. The molecule has 0 aromatic rings. The first-order valence-electron chi connectivity index (χ1n) is 5.07. The molecule has 0 N–H and O–H groups in total. The molecule has 0 radical (unpaired) electrons. The van der Waals surface area contributed by atoms with E-state index >= 15 is 0 Å². The average molecular weight is 182 g/mol. The molecule has 3 unspecified atom stereocenters. The first-order chi connectivity index (χ1) is 6.07. The fraction of sp³-hybridized carbons (Fsp3) is 0.818. The van der Waals surface area contributed by atoms with E-state index in [9.17, 15) is 9.59 Å². The highest BCUT2D eigenvalue weighted by Crippen LogP contribution is 2.33. The summed E-state index contributed by atoms with van der Waals surface area (Å²) in [6, 6.07) is 0. The summed E-state index contributed by atoms with van der Waals surface area (Å²) < 4.78 is 0. The lowest BCUT2D eigenvalue weighted by atomic mass is 9.71. The van der Waals surface area contributed by atoms with Crippen LogP contribution in [-0.4, -0.2) is 12.1 Å². The standard InChI is InChI=1S/C11H18O2/c1-7(2)9-5-4-8(3)10(6-12)11(9)13/h6-10H,4-5H2,1-3H3. The molecule has 1 aliphatic carbocycles. The fourth-order valence-electron chi connectivity index (χ4n) is 2.15. The van der Waals surface area contributed by atoms with Gasteiger partial charge in [-0.15, -0.1) is 0 Å². The highest BCUT2D eigenvalue weighted by Gasteiger charge is 2.36. The van der Waals surface area contributed by atoms with Gasteiger partial charge in [0.15, 0.2) is 0 Å². The second-order valence-corrected chi connectivity index (χ2v) is 4.47. The zero-order chi connectivity index (χ0) is 10.0. The third kappa shape index (κ3) is 1.98. The molecular formula is C11H18O2. The fourth-order valence-corrected chi connectivity index (χ4v) is 2.15. The smallest absolute Gasteiger partial charge is 0.146 e. The van der Waals surface area contributed by atoms with Crippen molar-refractivity contribution in [2.45, 2.75) is 33.6 Å². The van der Waals surface area contributed by atoms with Gasteiger partial charge in [-0.05, 0) is 24.7 Å². The molecule has 0 spiro atoms. The van der Waals surface area contributed by atoms with Crippen molar-refractivity contribution in [1.29, 1.82) is 0 Å². The lowest BCUT2D eigenvalue weighted by molar-refractivity contribution is -0.136. The van der Waals surface area contributed by atoms with Gasteiger partial charge in [-0.3, -0.25) is 4.79 Å². The van der Waals surface area contributed by atoms with Crippen LogP contribution in [0.15, 0.2) is 0 Å². The van der Waals surface area contributed by atoms with Crippen molar-refractivity contribution in [3.63, 3.8) is 0 Å². The zero-order valence-electron chi connectivity index (χ0n) is 8.62. The van der Waals surface area contributed by atoms with E-state index in [4.69, 9.17) is 0 Å². The van der Waals surface area contributed by atoms with Crippen molar-refractivity contribution in [3.8, 4) is 0 Å². The SMILES string of the molecule is CC(C)C1CCC(C)C(C=O)C1=O. The number of rotatable bonds is 2. The summed E-state index contributed by atoms with van der Waals surface area (Å²) in [6.45, 7) is 6.11. The van der Waals surface area contributed by atoms with Gasteiger partial charge < -0.3 is 4.79 Å². The van der Waals surface area contributed by atoms with E-state index in [1.807, 2.05) is 6.92 Å². The van der Waals surface area contributed by atoms with Crippen molar-refractivity contribution in [2.75, 3.05) is 0 Å². The first-order valence-corrected chi connectivity index (χ1v) is 5.07. The van der Waals surface area contributed by atoms with E-state index < -0.39 is 0 Å². The Balaban J connectivity index is 2.75. The van der Waals surface area contributed by atoms with Crippen LogP contribution in [0.4, 0.5) is 0 Å². The number of carbonyl (C=O) groups excluding carboxylic acids is 2. The Hall–Kier alpha value is -0.660. The maximum atomic E-state index is 11.8. The van der Waals surface area contributed by atoms with Crippen LogP contribution < -0.4 is 0 Å². The Kier molecular flexibility index (Phi) is 3.23. The molecule has 1 saturated carbocycles. The molecule has 2 heteroatoms. The number of carbonyl (C=O) groups is 2. The predicted octanol–water partition coefficient (Wildman–Crippen LogP) is 2.07. The molecule has 0 aromatic heterocycles. The maximum Gasteiger partial charge on any atom is 0.146 e. The van der Waals surface area contributed by atoms with Crippen molar-refractivity contribution >= 4 is 12.1 Å². The second kappa shape index (κ2) is 4.03. The molecule has 0 saturated heterocycles. The summed E-state index contributed by atoms with van der Waals surface area (Å²) in [5, 5.41) is 0. The van der Waals surface area contributed by atoms with Gasteiger partial charge in [-0.2, -0.15) is 0 Å². The number of Topliss-reactive ketones (excluding diaryl/α,β-unsaturated/α-hetero) is 1. The van der Waals surface area contributed by atoms with Crippen molar-refractivity contribution < 1.29 is 9.59 Å². The molecule has 13 heavy (non-hydrogen) atoms. The third-order valence-electron chi connectivity index (χ3n) is 3.19. The van der Waals surface area contributed by atoms with Crippen LogP contribution >= 0.6 is 0 Å². The van der Waals surface area contributed by atoms with Gasteiger partial charge in [0.2, 0.25) is 0 Å². The molecule has 0 aromatic carbocycles. The van der Waals surface area contributed by atoms with E-state index in [-0.39, 0.29) is 23.5 Å². The van der Waals surface area contributed by atoms with Gasteiger partial charge >= 0.3 is 0 Å². The van der Waals surface area contributed by atoms with Gasteiger partial charge in [-0.25, -0.2) is 0 Å². The summed E-state index contributed by atoms with van der Waals surface area (Å²) >= 11 is 0. The lowest BCUT2D eigenvalue weighted by Gasteiger charge is -2.31. The van der Waals surface area contributed by atoms with Gasteiger partial charge in [0.25, 0.3) is 0 Å². The summed E-state index contributed by atoms with van der Waals surface area (Å²) in [5.41, 5.74) is 0. The van der Waals surface area contributed by atoms with E-state index in [0.29, 0.717) is 5.92 Å². The Morgan fingerprint density at radius 1 is 1.38 bits per heavy atom. The van der Waals surface area contributed by atoms with E-state index in [1.54, 1.807) is 0 Å². The largest absolute Gasteiger partial charge is 0.303 e. The Labute approximate surface area is 79.7 Å². The van der Waals surface area contributed by atoms with Gasteiger partial charge in [0.1, 0.15) is 12.1 Å². The van der Waals surface area contributed by atoms with E-state index in [1.165, 1.54) is 0 Å². The Morgan fingerprint density at radius 3 is 2.46 bits per heavy atom. The minimum Gasteiger partial charge on any atom is -0.303 e. The third-order valence-corrected chi connectivity index (χ3v) is 3.19. The minimum atomic E-state index is -0.332. The average Bonchev–Trinajstić information content (AvgIpc) is 2.04. The molecule has 0 aliphatic heterocycles. The number of hydrogen-bond donors (Lipinski definition) is 0. The topological polar surface area (TPSA) is 34.1 Å². The molecule has 1 fully saturated rings. The summed E-state index contributed by atoms with van der Waals surface area (Å²) in [4.78, 5) is 22.5. The monoisotopic (exact) mass is 182 g/mol. The number of aldehydes is 1. The Bertz CT molecular complexity index is 208. The quantitative estimate of drug-likeness (QED) is 0.484. The van der Waals surface area contributed by atoms with Crippen LogP contribution in [-0.2, 0) is 9.59 Å². The maximum absolute atomic E-state index is 11.8. The van der Waals surface area contributed by atoms with Crippen LogP contribution in [0.25, 0.3) is 0 Å². The molecule has 2 nitrogen and oxygen atoms in total. The van der Waals surface area contributed by atoms with Crippen LogP contribution in [0.1, 0.15) is 33.6 Å². The van der Waals surface area contributed by atoms with Crippen molar-refractivity contribution in [1.82, 2.24) is 0 Å². The van der Waals surface area contributed by atoms with E-state index in [0.717, 1.165) is 19.1 Å². The molecule has 1 aliphatic rings. The van der Waals surface area contributed by atoms with E-state index in [2.05, 4.69) is 13.8 Å². The Morgan fingerprint density at radius 2 is 2.00 bits per heavy atom. The molecule has 0 amide bonds. The van der Waals surface area contributed by atoms with Crippen LogP contribution in [0.5, 0.6) is 0 Å². The minimum absolute atomic E-state index is 0.117. The normalized spacial score (nSPS) is 35.1. The predicted molar refractivity (Wildman–Crippen MR) is 51.3 cm³/mol. The van der Waals surface area contributed by atoms with Gasteiger partial charge in [0.05, 0.1) is 5.92 Å². The second-order valence-electron chi connectivity index (χ2n) is 4.47. The number of ketones is 1. The van der Waals surface area contributed by atoms with Crippen LogP contribution in [0.3, 0.4) is 0 Å². The molecule has 0 heterocycles. The molecule has 0 bridgehead atoms. The van der Waals surface area contributed by atoms with Crippen molar-refractivity contribution in [2.24, 2.45) is 23.7 Å². The highest BCUT2D eigenvalue weighted by atomic mass is 16.1. The first kappa shape index (κ1) is 10.4. The summed E-state index contributed by atoms with van der Waals surface area (Å²) in [7, 11) is 0. The van der Waals surface area contributed by atoms with Crippen LogP contribution in [0.2, 0.25) is 0 Å². The number of hydrogen-bond acceptors (Lipinski definition) is 2. The highest BCUT2D eigenvalue weighted by molar-refractivity contribution is 5.95. The van der Waals surface area contributed by atoms with Crippen molar-refractivity contribution in [3.05, 3.63) is 0 Å². The summed E-state index contributed by atoms with van der Waals surface area (Å²) in [5.74, 6) is 0.582. The lowest BCUT2D eigenvalue weighted by Crippen LogP contribution is -2.37. The van der Waals surface area contributed by atoms with Gasteiger partial charge in [-0.1, -0.05) is 20.8 Å². The molecule has 1 rings (SSSR count). The zero-order valence-corrected chi connectivity index (χ0v) is 8.62. The molecule has 74 valence electrons. The van der Waals surface area contributed by atoms with Gasteiger partial charge in [0, 0.05) is 5.92 Å². The molecule has 3 atom stereocenters. The van der Waals surface area contributed by atoms with Crippen LogP contribution in [0, 0.1) is 23.7 Å². The summed E-state index contributed by atoms with van der Waals surface area (Å²) in [6.07, 6.45) is 2.81.